The SMILES string of the molecule is CC1CN(C(=O)c2cc(F)c(F)cc2Cl)C(C)CO1. The van der Waals surface area contributed by atoms with Crippen LogP contribution in [0.1, 0.15) is 24.2 Å². The topological polar surface area (TPSA) is 29.5 Å². The molecule has 0 aliphatic carbocycles. The number of nitrogens with zero attached hydrogens (tertiary/aromatic N) is 1. The molecule has 1 aliphatic rings. The zero-order valence-corrected chi connectivity index (χ0v) is 11.4. The Hall–Kier alpha value is -1.20. The number of morpholine rings is 1. The van der Waals surface area contributed by atoms with Gasteiger partial charge in [-0.3, -0.25) is 4.79 Å². The molecule has 2 unspecified atom stereocenters. The fourth-order valence-electron chi connectivity index (χ4n) is 2.03. The highest BCUT2D eigenvalue weighted by atomic mass is 35.5. The normalized spacial score (nSPS) is 23.5. The van der Waals surface area contributed by atoms with E-state index in [-0.39, 0.29) is 22.7 Å². The van der Waals surface area contributed by atoms with Gasteiger partial charge in [-0.05, 0) is 26.0 Å². The van der Waals surface area contributed by atoms with Gasteiger partial charge >= 0.3 is 0 Å². The minimum atomic E-state index is -1.08. The predicted octanol–water partition coefficient (Wildman–Crippen LogP) is 2.87. The molecule has 104 valence electrons. The summed E-state index contributed by atoms with van der Waals surface area (Å²) in [4.78, 5) is 13.9. The summed E-state index contributed by atoms with van der Waals surface area (Å²) in [7, 11) is 0. The predicted molar refractivity (Wildman–Crippen MR) is 67.3 cm³/mol. The van der Waals surface area contributed by atoms with Gasteiger partial charge in [-0.2, -0.15) is 0 Å². The second-order valence-electron chi connectivity index (χ2n) is 4.70. The Bertz CT molecular complexity index is 510. The van der Waals surface area contributed by atoms with Crippen molar-refractivity contribution in [3.05, 3.63) is 34.4 Å². The number of halogens is 3. The van der Waals surface area contributed by atoms with Crippen LogP contribution in [0.5, 0.6) is 0 Å². The van der Waals surface area contributed by atoms with Crippen molar-refractivity contribution in [2.75, 3.05) is 13.2 Å². The second kappa shape index (κ2) is 5.43. The summed E-state index contributed by atoms with van der Waals surface area (Å²) in [6.07, 6.45) is -0.0933. The van der Waals surface area contributed by atoms with Crippen LogP contribution in [0.3, 0.4) is 0 Å². The van der Waals surface area contributed by atoms with Gasteiger partial charge in [0.25, 0.3) is 5.91 Å². The van der Waals surface area contributed by atoms with E-state index in [9.17, 15) is 13.6 Å². The van der Waals surface area contributed by atoms with E-state index in [2.05, 4.69) is 0 Å². The smallest absolute Gasteiger partial charge is 0.255 e. The Morgan fingerprint density at radius 3 is 2.68 bits per heavy atom. The number of carbonyl (C=O) groups excluding carboxylic acids is 1. The highest BCUT2D eigenvalue weighted by molar-refractivity contribution is 6.33. The summed E-state index contributed by atoms with van der Waals surface area (Å²) in [5, 5.41) is -0.0877. The highest BCUT2D eigenvalue weighted by Crippen LogP contribution is 2.23. The van der Waals surface area contributed by atoms with Crippen molar-refractivity contribution in [3.63, 3.8) is 0 Å². The zero-order chi connectivity index (χ0) is 14.2. The average Bonchev–Trinajstić information content (AvgIpc) is 2.36. The Morgan fingerprint density at radius 1 is 1.37 bits per heavy atom. The van der Waals surface area contributed by atoms with Gasteiger partial charge in [0, 0.05) is 6.54 Å². The van der Waals surface area contributed by atoms with Crippen LogP contribution >= 0.6 is 11.6 Å². The maximum Gasteiger partial charge on any atom is 0.255 e. The fraction of sp³-hybridized carbons (Fsp3) is 0.462. The molecule has 0 bridgehead atoms. The summed E-state index contributed by atoms with van der Waals surface area (Å²) >= 11 is 5.81. The molecule has 1 saturated heterocycles. The van der Waals surface area contributed by atoms with Crippen molar-refractivity contribution in [1.82, 2.24) is 4.90 Å². The first-order valence-electron chi connectivity index (χ1n) is 5.97. The number of amides is 1. The molecule has 1 aromatic carbocycles. The number of ether oxygens (including phenoxy) is 1. The lowest BCUT2D eigenvalue weighted by Gasteiger charge is -2.37. The number of hydrogen-bond acceptors (Lipinski definition) is 2. The van der Waals surface area contributed by atoms with Crippen LogP contribution in [0.4, 0.5) is 8.78 Å². The van der Waals surface area contributed by atoms with Crippen molar-refractivity contribution in [2.24, 2.45) is 0 Å². The van der Waals surface area contributed by atoms with Crippen LogP contribution in [0.2, 0.25) is 5.02 Å². The van der Waals surface area contributed by atoms with Gasteiger partial charge in [0.2, 0.25) is 0 Å². The van der Waals surface area contributed by atoms with E-state index in [4.69, 9.17) is 16.3 Å². The van der Waals surface area contributed by atoms with Crippen LogP contribution in [-0.2, 0) is 4.74 Å². The first-order valence-corrected chi connectivity index (χ1v) is 6.35. The van der Waals surface area contributed by atoms with E-state index in [1.54, 1.807) is 4.90 Å². The molecule has 1 aliphatic heterocycles. The lowest BCUT2D eigenvalue weighted by molar-refractivity contribution is -0.0387. The minimum Gasteiger partial charge on any atom is -0.375 e. The molecule has 1 aromatic rings. The number of benzene rings is 1. The first-order chi connectivity index (χ1) is 8.90. The Kier molecular flexibility index (Phi) is 4.06. The Balaban J connectivity index is 2.31. The molecule has 3 nitrogen and oxygen atoms in total. The van der Waals surface area contributed by atoms with E-state index < -0.39 is 17.5 Å². The summed E-state index contributed by atoms with van der Waals surface area (Å²) in [6.45, 7) is 4.49. The second-order valence-corrected chi connectivity index (χ2v) is 5.10. The van der Waals surface area contributed by atoms with Gasteiger partial charge in [-0.1, -0.05) is 11.6 Å². The van der Waals surface area contributed by atoms with Crippen molar-refractivity contribution in [1.29, 1.82) is 0 Å². The monoisotopic (exact) mass is 289 g/mol. The van der Waals surface area contributed by atoms with E-state index in [0.29, 0.717) is 13.2 Å². The summed E-state index contributed by atoms with van der Waals surface area (Å²) in [5.74, 6) is -2.56. The number of hydrogen-bond donors (Lipinski definition) is 0. The molecule has 1 amide bonds. The van der Waals surface area contributed by atoms with Crippen LogP contribution in [0, 0.1) is 11.6 Å². The highest BCUT2D eigenvalue weighted by Gasteiger charge is 2.29. The quantitative estimate of drug-likeness (QED) is 0.744. The molecule has 2 atom stereocenters. The van der Waals surface area contributed by atoms with E-state index >= 15 is 0 Å². The molecule has 0 N–H and O–H groups in total. The summed E-state index contributed by atoms with van der Waals surface area (Å²) in [6, 6.07) is 1.53. The van der Waals surface area contributed by atoms with E-state index in [0.717, 1.165) is 12.1 Å². The lowest BCUT2D eigenvalue weighted by Crippen LogP contribution is -2.50. The molecule has 2 rings (SSSR count). The molecule has 0 aromatic heterocycles. The third-order valence-electron chi connectivity index (χ3n) is 3.11. The maximum absolute atomic E-state index is 13.2. The first kappa shape index (κ1) is 14.2. The zero-order valence-electron chi connectivity index (χ0n) is 10.6. The van der Waals surface area contributed by atoms with Crippen molar-refractivity contribution in [3.8, 4) is 0 Å². The fourth-order valence-corrected chi connectivity index (χ4v) is 2.26. The third kappa shape index (κ3) is 2.87. The summed E-state index contributed by atoms with van der Waals surface area (Å²) in [5.41, 5.74) is -0.0264. The standard InChI is InChI=1S/C13H14ClF2NO2/c1-7-6-19-8(2)5-17(7)13(18)9-3-11(15)12(16)4-10(9)14/h3-4,7-8H,5-6H2,1-2H3. The van der Waals surface area contributed by atoms with Gasteiger partial charge in [0.15, 0.2) is 11.6 Å². The Morgan fingerprint density at radius 2 is 2.00 bits per heavy atom. The lowest BCUT2D eigenvalue weighted by atomic mass is 10.1. The van der Waals surface area contributed by atoms with Crippen molar-refractivity contribution >= 4 is 17.5 Å². The minimum absolute atomic E-state index is 0.0264. The van der Waals surface area contributed by atoms with Crippen molar-refractivity contribution in [2.45, 2.75) is 26.0 Å². The third-order valence-corrected chi connectivity index (χ3v) is 3.42. The molecule has 1 heterocycles. The average molecular weight is 290 g/mol. The van der Waals surface area contributed by atoms with Gasteiger partial charge in [-0.15, -0.1) is 0 Å². The molecule has 19 heavy (non-hydrogen) atoms. The van der Waals surface area contributed by atoms with E-state index in [1.807, 2.05) is 13.8 Å². The summed E-state index contributed by atoms with van der Waals surface area (Å²) < 4.78 is 31.6. The molecule has 0 spiro atoms. The molecular weight excluding hydrogens is 276 g/mol. The Labute approximate surface area is 115 Å². The van der Waals surface area contributed by atoms with E-state index in [1.165, 1.54) is 0 Å². The molecule has 1 fully saturated rings. The number of carbonyl (C=O) groups is 1. The van der Waals surface area contributed by atoms with Crippen LogP contribution < -0.4 is 0 Å². The van der Waals surface area contributed by atoms with Gasteiger partial charge in [0.1, 0.15) is 0 Å². The molecule has 0 radical (unpaired) electrons. The molecular formula is C13H14ClF2NO2. The molecule has 0 saturated carbocycles. The van der Waals surface area contributed by atoms with Gasteiger partial charge in [0.05, 0.1) is 29.3 Å². The van der Waals surface area contributed by atoms with Crippen molar-refractivity contribution < 1.29 is 18.3 Å². The van der Waals surface area contributed by atoms with Crippen LogP contribution in [0.15, 0.2) is 12.1 Å². The largest absolute Gasteiger partial charge is 0.375 e. The van der Waals surface area contributed by atoms with Crippen LogP contribution in [0.25, 0.3) is 0 Å². The maximum atomic E-state index is 13.2. The van der Waals surface area contributed by atoms with Gasteiger partial charge in [-0.25, -0.2) is 8.78 Å². The molecule has 6 heteroatoms. The van der Waals surface area contributed by atoms with Crippen LogP contribution in [-0.4, -0.2) is 36.1 Å². The number of rotatable bonds is 1. The van der Waals surface area contributed by atoms with Gasteiger partial charge < -0.3 is 9.64 Å².